The number of carbonyl (C=O) groups is 1. The van der Waals surface area contributed by atoms with Crippen LogP contribution in [0.3, 0.4) is 0 Å². The SMILES string of the molecule is CCCc1cnn(-c2cc(C(=O)O)ccn2)c1OCc1ccc(Cl)cc1. The van der Waals surface area contributed by atoms with Crippen LogP contribution in [0.25, 0.3) is 5.82 Å². The second-order valence-corrected chi connectivity index (χ2v) is 6.20. The van der Waals surface area contributed by atoms with Gasteiger partial charge in [-0.1, -0.05) is 37.1 Å². The maximum atomic E-state index is 11.2. The number of halogens is 1. The van der Waals surface area contributed by atoms with Crippen molar-refractivity contribution < 1.29 is 14.6 Å². The molecule has 0 aliphatic carbocycles. The molecule has 0 unspecified atom stereocenters. The monoisotopic (exact) mass is 371 g/mol. The molecule has 0 spiro atoms. The summed E-state index contributed by atoms with van der Waals surface area (Å²) in [5.74, 6) is -0.0478. The third-order valence-electron chi connectivity index (χ3n) is 3.81. The van der Waals surface area contributed by atoms with Gasteiger partial charge in [-0.15, -0.1) is 0 Å². The predicted molar refractivity (Wildman–Crippen MR) is 98.1 cm³/mol. The van der Waals surface area contributed by atoms with Crippen molar-refractivity contribution in [1.29, 1.82) is 0 Å². The maximum Gasteiger partial charge on any atom is 0.335 e. The van der Waals surface area contributed by atoms with Gasteiger partial charge >= 0.3 is 5.97 Å². The Labute approximate surface area is 156 Å². The van der Waals surface area contributed by atoms with E-state index in [0.717, 1.165) is 24.0 Å². The number of aromatic nitrogens is 3. The number of hydrogen-bond donors (Lipinski definition) is 1. The smallest absolute Gasteiger partial charge is 0.335 e. The summed E-state index contributed by atoms with van der Waals surface area (Å²) in [6, 6.07) is 10.3. The lowest BCUT2D eigenvalue weighted by atomic mass is 10.2. The van der Waals surface area contributed by atoms with Gasteiger partial charge in [0.15, 0.2) is 5.82 Å². The zero-order valence-corrected chi connectivity index (χ0v) is 15.0. The zero-order chi connectivity index (χ0) is 18.5. The molecule has 0 atom stereocenters. The molecule has 2 aromatic heterocycles. The van der Waals surface area contributed by atoms with Gasteiger partial charge in [-0.05, 0) is 36.2 Å². The molecular formula is C19H18ClN3O3. The molecule has 0 aliphatic rings. The molecule has 0 bridgehead atoms. The van der Waals surface area contributed by atoms with Crippen LogP contribution < -0.4 is 4.74 Å². The Morgan fingerprint density at radius 3 is 2.73 bits per heavy atom. The topological polar surface area (TPSA) is 77.2 Å². The van der Waals surface area contributed by atoms with E-state index in [2.05, 4.69) is 17.0 Å². The summed E-state index contributed by atoms with van der Waals surface area (Å²) in [6.07, 6.45) is 4.92. The van der Waals surface area contributed by atoms with E-state index >= 15 is 0 Å². The van der Waals surface area contributed by atoms with Crippen LogP contribution >= 0.6 is 11.6 Å². The van der Waals surface area contributed by atoms with Crippen molar-refractivity contribution in [2.45, 2.75) is 26.4 Å². The minimum Gasteiger partial charge on any atom is -0.478 e. The number of aryl methyl sites for hydroxylation is 1. The lowest BCUT2D eigenvalue weighted by Crippen LogP contribution is -2.07. The van der Waals surface area contributed by atoms with E-state index in [9.17, 15) is 9.90 Å². The van der Waals surface area contributed by atoms with E-state index in [1.165, 1.54) is 23.0 Å². The van der Waals surface area contributed by atoms with Gasteiger partial charge in [-0.2, -0.15) is 9.78 Å². The number of pyridine rings is 1. The van der Waals surface area contributed by atoms with E-state index < -0.39 is 5.97 Å². The number of ether oxygens (including phenoxy) is 1. The molecule has 0 amide bonds. The Bertz CT molecular complexity index is 907. The summed E-state index contributed by atoms with van der Waals surface area (Å²) in [7, 11) is 0. The molecule has 1 N–H and O–H groups in total. The second kappa shape index (κ2) is 8.01. The van der Waals surface area contributed by atoms with Crippen LogP contribution in [0.15, 0.2) is 48.8 Å². The summed E-state index contributed by atoms with van der Waals surface area (Å²) >= 11 is 5.91. The van der Waals surface area contributed by atoms with Crippen molar-refractivity contribution in [3.8, 4) is 11.7 Å². The number of rotatable bonds is 7. The Hall–Kier alpha value is -2.86. The quantitative estimate of drug-likeness (QED) is 0.675. The molecule has 0 aliphatic heterocycles. The molecule has 0 saturated heterocycles. The van der Waals surface area contributed by atoms with E-state index in [-0.39, 0.29) is 5.56 Å². The minimum atomic E-state index is -1.02. The maximum absolute atomic E-state index is 11.2. The standard InChI is InChI=1S/C19H18ClN3O3/c1-2-3-15-11-22-23(17-10-14(19(24)25)8-9-21-17)18(15)26-12-13-4-6-16(20)7-5-13/h4-11H,2-3,12H2,1H3,(H,24,25). The molecule has 6 nitrogen and oxygen atoms in total. The van der Waals surface area contributed by atoms with E-state index in [1.807, 2.05) is 24.3 Å². The third kappa shape index (κ3) is 4.03. The number of carboxylic acids is 1. The van der Waals surface area contributed by atoms with Crippen molar-refractivity contribution in [3.05, 3.63) is 70.5 Å². The lowest BCUT2D eigenvalue weighted by Gasteiger charge is -2.11. The van der Waals surface area contributed by atoms with E-state index in [0.29, 0.717) is 23.3 Å². The van der Waals surface area contributed by atoms with Gasteiger partial charge in [0.2, 0.25) is 5.88 Å². The van der Waals surface area contributed by atoms with Crippen molar-refractivity contribution >= 4 is 17.6 Å². The highest BCUT2D eigenvalue weighted by molar-refractivity contribution is 6.30. The molecule has 3 rings (SSSR count). The fourth-order valence-electron chi connectivity index (χ4n) is 2.53. The first-order valence-electron chi connectivity index (χ1n) is 8.22. The molecule has 7 heteroatoms. The Kier molecular flexibility index (Phi) is 5.53. The van der Waals surface area contributed by atoms with Crippen LogP contribution in [0.5, 0.6) is 5.88 Å². The summed E-state index contributed by atoms with van der Waals surface area (Å²) in [4.78, 5) is 15.4. The van der Waals surface area contributed by atoms with E-state index in [4.69, 9.17) is 16.3 Å². The minimum absolute atomic E-state index is 0.145. The van der Waals surface area contributed by atoms with Gasteiger partial charge in [-0.25, -0.2) is 9.78 Å². The Balaban J connectivity index is 1.92. The number of benzene rings is 1. The van der Waals surface area contributed by atoms with E-state index in [1.54, 1.807) is 6.20 Å². The van der Waals surface area contributed by atoms with Gasteiger partial charge in [0.25, 0.3) is 0 Å². The fraction of sp³-hybridized carbons (Fsp3) is 0.211. The fourth-order valence-corrected chi connectivity index (χ4v) is 2.65. The van der Waals surface area contributed by atoms with Crippen molar-refractivity contribution in [3.63, 3.8) is 0 Å². The molecule has 1 aromatic carbocycles. The highest BCUT2D eigenvalue weighted by Gasteiger charge is 2.16. The first-order valence-corrected chi connectivity index (χ1v) is 8.60. The first kappa shape index (κ1) is 17.9. The van der Waals surface area contributed by atoms with Crippen molar-refractivity contribution in [1.82, 2.24) is 14.8 Å². The number of hydrogen-bond acceptors (Lipinski definition) is 4. The van der Waals surface area contributed by atoms with Crippen molar-refractivity contribution in [2.75, 3.05) is 0 Å². The molecular weight excluding hydrogens is 354 g/mol. The van der Waals surface area contributed by atoms with Crippen molar-refractivity contribution in [2.24, 2.45) is 0 Å². The highest BCUT2D eigenvalue weighted by atomic mass is 35.5. The third-order valence-corrected chi connectivity index (χ3v) is 4.07. The molecule has 134 valence electrons. The molecule has 0 radical (unpaired) electrons. The molecule has 3 aromatic rings. The summed E-state index contributed by atoms with van der Waals surface area (Å²) in [6.45, 7) is 2.42. The van der Waals surface area contributed by atoms with Gasteiger partial charge in [-0.3, -0.25) is 0 Å². The number of carboxylic acid groups (broad SMARTS) is 1. The summed E-state index contributed by atoms with van der Waals surface area (Å²) in [5, 5.41) is 14.2. The normalized spacial score (nSPS) is 10.7. The lowest BCUT2D eigenvalue weighted by molar-refractivity contribution is 0.0696. The number of nitrogens with zero attached hydrogens (tertiary/aromatic N) is 3. The zero-order valence-electron chi connectivity index (χ0n) is 14.2. The molecule has 0 fully saturated rings. The number of aromatic carboxylic acids is 1. The largest absolute Gasteiger partial charge is 0.478 e. The van der Waals surface area contributed by atoms with Crippen LogP contribution in [0.1, 0.15) is 34.8 Å². The molecule has 26 heavy (non-hydrogen) atoms. The van der Waals surface area contributed by atoms with Crippen LogP contribution in [0.2, 0.25) is 5.02 Å². The van der Waals surface area contributed by atoms with Gasteiger partial charge in [0, 0.05) is 16.8 Å². The summed E-state index contributed by atoms with van der Waals surface area (Å²) in [5.41, 5.74) is 2.06. The van der Waals surface area contributed by atoms with Gasteiger partial charge < -0.3 is 9.84 Å². The molecule has 0 saturated carbocycles. The van der Waals surface area contributed by atoms with Crippen LogP contribution in [-0.2, 0) is 13.0 Å². The second-order valence-electron chi connectivity index (χ2n) is 5.76. The highest BCUT2D eigenvalue weighted by Crippen LogP contribution is 2.25. The molecule has 2 heterocycles. The van der Waals surface area contributed by atoms with Crippen LogP contribution in [0.4, 0.5) is 0 Å². The summed E-state index contributed by atoms with van der Waals surface area (Å²) < 4.78 is 7.55. The average molecular weight is 372 g/mol. The van der Waals surface area contributed by atoms with Gasteiger partial charge in [0.05, 0.1) is 11.8 Å². The van der Waals surface area contributed by atoms with Crippen LogP contribution in [-0.4, -0.2) is 25.8 Å². The van der Waals surface area contributed by atoms with Gasteiger partial charge in [0.1, 0.15) is 6.61 Å². The predicted octanol–water partition coefficient (Wildman–Crippen LogP) is 4.15. The first-order chi connectivity index (χ1) is 12.6. The Morgan fingerprint density at radius 1 is 1.27 bits per heavy atom. The average Bonchev–Trinajstić information content (AvgIpc) is 3.04. The Morgan fingerprint density at radius 2 is 2.04 bits per heavy atom. The van der Waals surface area contributed by atoms with Crippen LogP contribution in [0, 0.1) is 0 Å².